The van der Waals surface area contributed by atoms with Gasteiger partial charge in [0.15, 0.2) is 5.16 Å². The lowest BCUT2D eigenvalue weighted by molar-refractivity contribution is 0.889. The lowest BCUT2D eigenvalue weighted by Crippen LogP contribution is -2.00. The summed E-state index contributed by atoms with van der Waals surface area (Å²) in [5.74, 6) is 0.995. The zero-order valence-electron chi connectivity index (χ0n) is 12.7. The maximum absolute atomic E-state index is 4.74. The Hall–Kier alpha value is -1.40. The summed E-state index contributed by atoms with van der Waals surface area (Å²) in [6.45, 7) is 0. The van der Waals surface area contributed by atoms with Crippen molar-refractivity contribution in [2.75, 3.05) is 5.75 Å². The third-order valence-electron chi connectivity index (χ3n) is 3.47. The molecule has 0 spiro atoms. The van der Waals surface area contributed by atoms with Crippen LogP contribution in [0.1, 0.15) is 16.8 Å². The second-order valence-electron chi connectivity index (χ2n) is 5.19. The van der Waals surface area contributed by atoms with Gasteiger partial charge in [-0.1, -0.05) is 72.4 Å². The minimum absolute atomic E-state index is 0.855. The van der Waals surface area contributed by atoms with Crippen molar-refractivity contribution in [3.63, 3.8) is 0 Å². The summed E-state index contributed by atoms with van der Waals surface area (Å²) >= 11 is 4.04. The molecule has 23 heavy (non-hydrogen) atoms. The summed E-state index contributed by atoms with van der Waals surface area (Å²) in [7, 11) is 0. The smallest absolute Gasteiger partial charge is 0.187 e. The van der Waals surface area contributed by atoms with E-state index in [4.69, 9.17) is 4.98 Å². The minimum atomic E-state index is 0.855. The summed E-state index contributed by atoms with van der Waals surface area (Å²) in [5, 5.41) is 0.868. The molecule has 0 amide bonds. The first kappa shape index (κ1) is 16.5. The van der Waals surface area contributed by atoms with Gasteiger partial charge in [-0.15, -0.1) is 0 Å². The first-order valence-corrected chi connectivity index (χ1v) is 9.60. The first-order valence-electron chi connectivity index (χ1n) is 7.53. The second kappa shape index (κ2) is 8.45. The Morgan fingerprint density at radius 2 is 1.52 bits per heavy atom. The van der Waals surface area contributed by atoms with Gasteiger partial charge >= 0.3 is 0 Å². The zero-order valence-corrected chi connectivity index (χ0v) is 15.6. The molecule has 3 rings (SSSR count). The number of aryl methyl sites for hydroxylation is 1. The second-order valence-corrected chi connectivity index (χ2v) is 7.42. The number of halogens is 1. The Bertz CT molecular complexity index is 748. The Kier molecular flexibility index (Phi) is 6.05. The van der Waals surface area contributed by atoms with Crippen LogP contribution in [-0.4, -0.2) is 15.7 Å². The first-order chi connectivity index (χ1) is 11.3. The van der Waals surface area contributed by atoms with Crippen molar-refractivity contribution in [1.82, 2.24) is 9.97 Å². The van der Waals surface area contributed by atoms with E-state index in [9.17, 15) is 0 Å². The summed E-state index contributed by atoms with van der Waals surface area (Å²) in [6, 6.07) is 21.0. The van der Waals surface area contributed by atoms with Crippen molar-refractivity contribution >= 4 is 34.4 Å². The maximum atomic E-state index is 4.74. The highest BCUT2D eigenvalue weighted by atomic mass is 127. The minimum Gasteiger partial charge on any atom is -0.230 e. The number of benzene rings is 2. The molecule has 0 radical (unpaired) electrons. The molecule has 2 nitrogen and oxygen atoms in total. The Labute approximate surface area is 154 Å². The van der Waals surface area contributed by atoms with Gasteiger partial charge in [0.1, 0.15) is 0 Å². The molecule has 1 aromatic heterocycles. The Balaban J connectivity index is 1.63. The average molecular weight is 432 g/mol. The van der Waals surface area contributed by atoms with Gasteiger partial charge in [-0.2, -0.15) is 0 Å². The fraction of sp³-hybridized carbons (Fsp3) is 0.158. The molecule has 0 saturated carbocycles. The van der Waals surface area contributed by atoms with Crippen LogP contribution >= 0.6 is 34.4 Å². The van der Waals surface area contributed by atoms with Crippen LogP contribution in [0.2, 0.25) is 0 Å². The van der Waals surface area contributed by atoms with E-state index >= 15 is 0 Å². The van der Waals surface area contributed by atoms with E-state index in [-0.39, 0.29) is 0 Å². The number of thioether (sulfide) groups is 1. The van der Waals surface area contributed by atoms with E-state index in [1.165, 1.54) is 11.1 Å². The van der Waals surface area contributed by atoms with Crippen molar-refractivity contribution in [3.05, 3.63) is 87.3 Å². The molecule has 4 heteroatoms. The van der Waals surface area contributed by atoms with Crippen LogP contribution in [0.4, 0.5) is 0 Å². The molecule has 0 unspecified atom stereocenters. The number of aromatic nitrogens is 2. The van der Waals surface area contributed by atoms with Crippen LogP contribution < -0.4 is 0 Å². The van der Waals surface area contributed by atoms with Crippen molar-refractivity contribution in [1.29, 1.82) is 0 Å². The highest BCUT2D eigenvalue weighted by Gasteiger charge is 2.07. The van der Waals surface area contributed by atoms with Gasteiger partial charge in [-0.05, 0) is 40.1 Å². The fourth-order valence-corrected chi connectivity index (χ4v) is 3.54. The standard InChI is InChI=1S/C19H17IN2S/c20-17-14-21-19(23-12-11-15-7-3-1-4-8-15)22-18(17)13-16-9-5-2-6-10-16/h1-10,14H,11-13H2. The van der Waals surface area contributed by atoms with Gasteiger partial charge in [0, 0.05) is 18.4 Å². The highest BCUT2D eigenvalue weighted by Crippen LogP contribution is 2.19. The topological polar surface area (TPSA) is 25.8 Å². The van der Waals surface area contributed by atoms with Gasteiger partial charge in [0.05, 0.1) is 9.26 Å². The van der Waals surface area contributed by atoms with Gasteiger partial charge in [-0.3, -0.25) is 0 Å². The predicted octanol–water partition coefficient (Wildman–Crippen LogP) is 5.01. The van der Waals surface area contributed by atoms with Crippen LogP contribution in [0.15, 0.2) is 72.0 Å². The molecule has 2 aromatic carbocycles. The van der Waals surface area contributed by atoms with E-state index in [2.05, 4.69) is 82.2 Å². The molecule has 0 aliphatic carbocycles. The van der Waals surface area contributed by atoms with Crippen LogP contribution in [0, 0.1) is 3.57 Å². The summed E-state index contributed by atoms with van der Waals surface area (Å²) in [6.07, 6.45) is 3.82. The Morgan fingerprint density at radius 1 is 0.870 bits per heavy atom. The van der Waals surface area contributed by atoms with E-state index in [0.717, 1.165) is 33.0 Å². The molecule has 1 heterocycles. The normalized spacial score (nSPS) is 10.7. The van der Waals surface area contributed by atoms with Crippen LogP contribution in [0.25, 0.3) is 0 Å². The number of hydrogen-bond donors (Lipinski definition) is 0. The molecule has 0 atom stereocenters. The molecule has 0 bridgehead atoms. The average Bonchev–Trinajstić information content (AvgIpc) is 2.60. The third-order valence-corrected chi connectivity index (χ3v) is 5.24. The van der Waals surface area contributed by atoms with Gasteiger partial charge in [0.2, 0.25) is 0 Å². The quantitative estimate of drug-likeness (QED) is 0.311. The van der Waals surface area contributed by atoms with Crippen molar-refractivity contribution < 1.29 is 0 Å². The van der Waals surface area contributed by atoms with Crippen LogP contribution in [0.3, 0.4) is 0 Å². The van der Waals surface area contributed by atoms with Crippen molar-refractivity contribution in [2.24, 2.45) is 0 Å². The predicted molar refractivity (Wildman–Crippen MR) is 105 cm³/mol. The summed E-state index contributed by atoms with van der Waals surface area (Å²) in [4.78, 5) is 9.20. The summed E-state index contributed by atoms with van der Waals surface area (Å²) in [5.41, 5.74) is 3.74. The summed E-state index contributed by atoms with van der Waals surface area (Å²) < 4.78 is 1.12. The van der Waals surface area contributed by atoms with Crippen LogP contribution in [0.5, 0.6) is 0 Å². The number of nitrogens with zero attached hydrogens (tertiary/aromatic N) is 2. The molecular formula is C19H17IN2S. The molecule has 0 saturated heterocycles. The van der Waals surface area contributed by atoms with Crippen molar-refractivity contribution in [3.8, 4) is 0 Å². The molecule has 0 fully saturated rings. The maximum Gasteiger partial charge on any atom is 0.187 e. The fourth-order valence-electron chi connectivity index (χ4n) is 2.27. The molecule has 0 aliphatic rings. The van der Waals surface area contributed by atoms with E-state index < -0.39 is 0 Å². The molecular weight excluding hydrogens is 415 g/mol. The van der Waals surface area contributed by atoms with Gasteiger partial charge in [-0.25, -0.2) is 9.97 Å². The third kappa shape index (κ3) is 5.04. The monoisotopic (exact) mass is 432 g/mol. The van der Waals surface area contributed by atoms with E-state index in [0.29, 0.717) is 0 Å². The zero-order chi connectivity index (χ0) is 15.9. The molecule has 0 aliphatic heterocycles. The highest BCUT2D eigenvalue weighted by molar-refractivity contribution is 14.1. The van der Waals surface area contributed by atoms with E-state index in [1.54, 1.807) is 11.8 Å². The molecule has 3 aromatic rings. The van der Waals surface area contributed by atoms with E-state index in [1.807, 2.05) is 12.3 Å². The lowest BCUT2D eigenvalue weighted by atomic mass is 10.1. The molecule has 116 valence electrons. The largest absolute Gasteiger partial charge is 0.230 e. The Morgan fingerprint density at radius 3 is 2.22 bits per heavy atom. The number of hydrogen-bond acceptors (Lipinski definition) is 3. The van der Waals surface area contributed by atoms with Gasteiger partial charge < -0.3 is 0 Å². The van der Waals surface area contributed by atoms with Gasteiger partial charge in [0.25, 0.3) is 0 Å². The number of rotatable bonds is 6. The van der Waals surface area contributed by atoms with Crippen LogP contribution in [-0.2, 0) is 12.8 Å². The van der Waals surface area contributed by atoms with Crippen molar-refractivity contribution in [2.45, 2.75) is 18.0 Å². The lowest BCUT2D eigenvalue weighted by Gasteiger charge is -2.06. The molecule has 0 N–H and O–H groups in total. The SMILES string of the molecule is Ic1cnc(SCCc2ccccc2)nc1Cc1ccccc1.